The molecule has 3 nitrogen and oxygen atoms in total. The molecule has 0 saturated carbocycles. The van der Waals surface area contributed by atoms with Crippen LogP contribution in [0.25, 0.3) is 0 Å². The highest BCUT2D eigenvalue weighted by Crippen LogP contribution is 2.36. The van der Waals surface area contributed by atoms with E-state index in [1.807, 2.05) is 0 Å². The van der Waals surface area contributed by atoms with Crippen LogP contribution in [0.4, 0.5) is 13.2 Å². The molecule has 0 saturated heterocycles. The summed E-state index contributed by atoms with van der Waals surface area (Å²) < 4.78 is 39.8. The second-order valence-electron chi connectivity index (χ2n) is 4.04. The Bertz CT molecular complexity index is 595. The molecule has 2 aromatic rings. The van der Waals surface area contributed by atoms with Crippen LogP contribution in [-0.4, -0.2) is 14.7 Å². The number of aliphatic hydroxyl groups is 1. The SMILES string of the molecule is Cn1ccnc1C(O)c1ccc(Br)c(C(F)(F)F)c1. The first kappa shape index (κ1) is 14.1. The minimum atomic E-state index is -4.48. The van der Waals surface area contributed by atoms with E-state index in [1.165, 1.54) is 18.3 Å². The van der Waals surface area contributed by atoms with Crippen LogP contribution in [0.3, 0.4) is 0 Å². The van der Waals surface area contributed by atoms with E-state index in [1.54, 1.807) is 17.8 Å². The van der Waals surface area contributed by atoms with Gasteiger partial charge in [-0.15, -0.1) is 0 Å². The number of halogens is 4. The van der Waals surface area contributed by atoms with Crippen LogP contribution in [0.2, 0.25) is 0 Å². The summed E-state index contributed by atoms with van der Waals surface area (Å²) in [6.07, 6.45) is -2.59. The van der Waals surface area contributed by atoms with E-state index in [2.05, 4.69) is 20.9 Å². The van der Waals surface area contributed by atoms with Crippen molar-refractivity contribution in [3.05, 3.63) is 52.0 Å². The molecule has 1 aromatic heterocycles. The van der Waals surface area contributed by atoms with Crippen LogP contribution < -0.4 is 0 Å². The lowest BCUT2D eigenvalue weighted by Gasteiger charge is -2.15. The number of nitrogens with zero attached hydrogens (tertiary/aromatic N) is 2. The Morgan fingerprint density at radius 3 is 2.58 bits per heavy atom. The van der Waals surface area contributed by atoms with E-state index < -0.39 is 17.8 Å². The maximum Gasteiger partial charge on any atom is 0.417 e. The molecule has 2 rings (SSSR count). The van der Waals surface area contributed by atoms with Crippen molar-refractivity contribution in [3.63, 3.8) is 0 Å². The number of hydrogen-bond acceptors (Lipinski definition) is 2. The molecular weight excluding hydrogens is 325 g/mol. The molecule has 1 aromatic carbocycles. The molecule has 7 heteroatoms. The number of alkyl halides is 3. The summed E-state index contributed by atoms with van der Waals surface area (Å²) in [6.45, 7) is 0. The monoisotopic (exact) mass is 334 g/mol. The van der Waals surface area contributed by atoms with E-state index >= 15 is 0 Å². The van der Waals surface area contributed by atoms with Gasteiger partial charge in [-0.25, -0.2) is 4.98 Å². The maximum atomic E-state index is 12.8. The lowest BCUT2D eigenvalue weighted by molar-refractivity contribution is -0.138. The van der Waals surface area contributed by atoms with Crippen LogP contribution in [-0.2, 0) is 13.2 Å². The zero-order valence-corrected chi connectivity index (χ0v) is 11.4. The van der Waals surface area contributed by atoms with E-state index in [9.17, 15) is 18.3 Å². The zero-order chi connectivity index (χ0) is 14.2. The number of aryl methyl sites for hydroxylation is 1. The third kappa shape index (κ3) is 2.82. The molecule has 102 valence electrons. The molecule has 0 aliphatic rings. The van der Waals surface area contributed by atoms with Gasteiger partial charge < -0.3 is 9.67 Å². The Labute approximate surface area is 115 Å². The van der Waals surface area contributed by atoms with E-state index in [0.717, 1.165) is 6.07 Å². The second kappa shape index (κ2) is 4.97. The van der Waals surface area contributed by atoms with Gasteiger partial charge in [0.05, 0.1) is 5.56 Å². The van der Waals surface area contributed by atoms with Crippen molar-refractivity contribution in [2.24, 2.45) is 7.05 Å². The number of benzene rings is 1. The molecule has 1 unspecified atom stereocenters. The topological polar surface area (TPSA) is 38.0 Å². The summed E-state index contributed by atoms with van der Waals surface area (Å²) in [5.74, 6) is 0.287. The minimum absolute atomic E-state index is 0.0595. The van der Waals surface area contributed by atoms with E-state index in [4.69, 9.17) is 0 Å². The third-order valence-electron chi connectivity index (χ3n) is 2.71. The molecule has 0 spiro atoms. The van der Waals surface area contributed by atoms with Gasteiger partial charge in [-0.2, -0.15) is 13.2 Å². The first-order valence-corrected chi connectivity index (χ1v) is 6.12. The van der Waals surface area contributed by atoms with Gasteiger partial charge in [-0.05, 0) is 17.7 Å². The van der Waals surface area contributed by atoms with Gasteiger partial charge in [-0.1, -0.05) is 22.0 Å². The summed E-state index contributed by atoms with van der Waals surface area (Å²) in [4.78, 5) is 3.93. The maximum absolute atomic E-state index is 12.8. The van der Waals surface area contributed by atoms with Gasteiger partial charge in [0.15, 0.2) is 0 Å². The number of rotatable bonds is 2. The van der Waals surface area contributed by atoms with Crippen molar-refractivity contribution < 1.29 is 18.3 Å². The molecular formula is C12H10BrF3N2O. The molecule has 0 aliphatic carbocycles. The average molecular weight is 335 g/mol. The summed E-state index contributed by atoms with van der Waals surface area (Å²) >= 11 is 2.86. The van der Waals surface area contributed by atoms with Crippen molar-refractivity contribution in [2.75, 3.05) is 0 Å². The molecule has 19 heavy (non-hydrogen) atoms. The Morgan fingerprint density at radius 2 is 2.05 bits per heavy atom. The molecule has 0 aliphatic heterocycles. The number of imidazole rings is 1. The normalized spacial score (nSPS) is 13.6. The van der Waals surface area contributed by atoms with Gasteiger partial charge in [0.2, 0.25) is 0 Å². The molecule has 1 N–H and O–H groups in total. The summed E-state index contributed by atoms with van der Waals surface area (Å²) in [5, 5.41) is 10.1. The zero-order valence-electron chi connectivity index (χ0n) is 9.82. The van der Waals surface area contributed by atoms with Gasteiger partial charge in [0.25, 0.3) is 0 Å². The predicted octanol–water partition coefficient (Wildman–Crippen LogP) is 3.28. The van der Waals surface area contributed by atoms with Crippen molar-refractivity contribution in [2.45, 2.75) is 12.3 Å². The number of aromatic nitrogens is 2. The van der Waals surface area contributed by atoms with Crippen LogP contribution in [0.1, 0.15) is 23.1 Å². The lowest BCUT2D eigenvalue weighted by atomic mass is 10.1. The van der Waals surface area contributed by atoms with E-state index in [-0.39, 0.29) is 15.9 Å². The molecule has 1 atom stereocenters. The van der Waals surface area contributed by atoms with Crippen molar-refractivity contribution in [3.8, 4) is 0 Å². The number of aliphatic hydroxyl groups excluding tert-OH is 1. The lowest BCUT2D eigenvalue weighted by Crippen LogP contribution is -2.11. The highest BCUT2D eigenvalue weighted by molar-refractivity contribution is 9.10. The van der Waals surface area contributed by atoms with Crippen molar-refractivity contribution >= 4 is 15.9 Å². The Hall–Kier alpha value is -1.34. The van der Waals surface area contributed by atoms with Gasteiger partial charge in [-0.3, -0.25) is 0 Å². The smallest absolute Gasteiger partial charge is 0.380 e. The van der Waals surface area contributed by atoms with Crippen LogP contribution in [0, 0.1) is 0 Å². The Kier molecular flexibility index (Phi) is 3.69. The van der Waals surface area contributed by atoms with Crippen LogP contribution in [0.15, 0.2) is 35.1 Å². The standard InChI is InChI=1S/C12H10BrF3N2O/c1-18-5-4-17-11(18)10(19)7-2-3-9(13)8(6-7)12(14,15)16/h2-6,10,19H,1H3. The largest absolute Gasteiger partial charge is 0.417 e. The van der Waals surface area contributed by atoms with Crippen LogP contribution in [0.5, 0.6) is 0 Å². The third-order valence-corrected chi connectivity index (χ3v) is 3.41. The summed E-state index contributed by atoms with van der Waals surface area (Å²) in [5.41, 5.74) is -0.678. The second-order valence-corrected chi connectivity index (χ2v) is 4.89. The first-order valence-electron chi connectivity index (χ1n) is 5.32. The molecule has 1 heterocycles. The quantitative estimate of drug-likeness (QED) is 0.915. The Balaban J connectivity index is 2.44. The highest BCUT2D eigenvalue weighted by Gasteiger charge is 2.33. The fraction of sp³-hybridized carbons (Fsp3) is 0.250. The van der Waals surface area contributed by atoms with Crippen LogP contribution >= 0.6 is 15.9 Å². The average Bonchev–Trinajstić information content (AvgIpc) is 2.73. The summed E-state index contributed by atoms with van der Waals surface area (Å²) in [7, 11) is 1.66. The molecule has 0 fully saturated rings. The molecule has 0 bridgehead atoms. The molecule has 0 radical (unpaired) electrons. The van der Waals surface area contributed by atoms with Gasteiger partial charge in [0.1, 0.15) is 11.9 Å². The minimum Gasteiger partial charge on any atom is -0.380 e. The van der Waals surface area contributed by atoms with Gasteiger partial charge in [0, 0.05) is 23.9 Å². The van der Waals surface area contributed by atoms with Crippen molar-refractivity contribution in [1.29, 1.82) is 0 Å². The summed E-state index contributed by atoms with van der Waals surface area (Å²) in [6, 6.07) is 3.62. The van der Waals surface area contributed by atoms with Crippen molar-refractivity contribution in [1.82, 2.24) is 9.55 Å². The molecule has 0 amide bonds. The highest BCUT2D eigenvalue weighted by atomic mass is 79.9. The number of hydrogen-bond donors (Lipinski definition) is 1. The van der Waals surface area contributed by atoms with E-state index in [0.29, 0.717) is 0 Å². The fourth-order valence-electron chi connectivity index (χ4n) is 1.72. The fourth-order valence-corrected chi connectivity index (χ4v) is 2.19. The predicted molar refractivity (Wildman–Crippen MR) is 66.4 cm³/mol. The van der Waals surface area contributed by atoms with Gasteiger partial charge >= 0.3 is 6.18 Å². The Morgan fingerprint density at radius 1 is 1.37 bits per heavy atom. The first-order chi connectivity index (χ1) is 8.80.